The van der Waals surface area contributed by atoms with Gasteiger partial charge in [-0.15, -0.1) is 0 Å². The average Bonchev–Trinajstić information content (AvgIpc) is 2.78. The van der Waals surface area contributed by atoms with E-state index in [0.29, 0.717) is 6.54 Å². The maximum Gasteiger partial charge on any atom is 0.0946 e. The summed E-state index contributed by atoms with van der Waals surface area (Å²) in [4.78, 5) is 6.53. The van der Waals surface area contributed by atoms with Gasteiger partial charge in [0, 0.05) is 39.5 Å². The Labute approximate surface area is 109 Å². The van der Waals surface area contributed by atoms with Crippen LogP contribution < -0.4 is 5.73 Å². The van der Waals surface area contributed by atoms with Gasteiger partial charge < -0.3 is 15.0 Å². The van der Waals surface area contributed by atoms with Gasteiger partial charge in [0.15, 0.2) is 0 Å². The van der Waals surface area contributed by atoms with E-state index in [1.165, 1.54) is 5.69 Å². The molecule has 5 nitrogen and oxygen atoms in total. The first-order valence-corrected chi connectivity index (χ1v) is 6.66. The molecule has 2 heterocycles. The SMILES string of the molecule is CN(CC1CCOCC1)C(CN)c1cncn1C. The van der Waals surface area contributed by atoms with Gasteiger partial charge in [0.1, 0.15) is 0 Å². The van der Waals surface area contributed by atoms with Crippen molar-refractivity contribution in [1.82, 2.24) is 14.5 Å². The number of hydrogen-bond acceptors (Lipinski definition) is 4. The zero-order chi connectivity index (χ0) is 13.0. The summed E-state index contributed by atoms with van der Waals surface area (Å²) in [6, 6.07) is 0.250. The minimum Gasteiger partial charge on any atom is -0.381 e. The minimum atomic E-state index is 0.250. The Morgan fingerprint density at radius 3 is 2.83 bits per heavy atom. The highest BCUT2D eigenvalue weighted by atomic mass is 16.5. The van der Waals surface area contributed by atoms with Crippen LogP contribution in [0.5, 0.6) is 0 Å². The molecule has 1 unspecified atom stereocenters. The van der Waals surface area contributed by atoms with Crippen molar-refractivity contribution >= 4 is 0 Å². The Morgan fingerprint density at radius 2 is 2.28 bits per heavy atom. The molecule has 5 heteroatoms. The number of aryl methyl sites for hydroxylation is 1. The van der Waals surface area contributed by atoms with E-state index in [4.69, 9.17) is 10.5 Å². The van der Waals surface area contributed by atoms with Crippen LogP contribution in [0, 0.1) is 5.92 Å². The van der Waals surface area contributed by atoms with E-state index < -0.39 is 0 Å². The third kappa shape index (κ3) is 3.10. The molecule has 1 atom stereocenters. The average molecular weight is 252 g/mol. The van der Waals surface area contributed by atoms with Crippen molar-refractivity contribution in [3.8, 4) is 0 Å². The van der Waals surface area contributed by atoms with E-state index in [2.05, 4.69) is 21.5 Å². The quantitative estimate of drug-likeness (QED) is 0.841. The molecule has 1 aromatic heterocycles. The Morgan fingerprint density at radius 1 is 1.56 bits per heavy atom. The monoisotopic (exact) mass is 252 g/mol. The molecular formula is C13H24N4O. The molecule has 0 radical (unpaired) electrons. The van der Waals surface area contributed by atoms with E-state index in [9.17, 15) is 0 Å². The highest BCUT2D eigenvalue weighted by Crippen LogP contribution is 2.22. The lowest BCUT2D eigenvalue weighted by Crippen LogP contribution is -2.36. The normalized spacial score (nSPS) is 19.3. The number of hydrogen-bond donors (Lipinski definition) is 1. The lowest BCUT2D eigenvalue weighted by molar-refractivity contribution is 0.0503. The number of rotatable bonds is 5. The third-order valence-electron chi connectivity index (χ3n) is 3.84. The van der Waals surface area contributed by atoms with E-state index in [1.54, 1.807) is 0 Å². The number of likely N-dealkylation sites (N-methyl/N-ethyl adjacent to an activating group) is 1. The van der Waals surface area contributed by atoms with Crippen molar-refractivity contribution in [3.63, 3.8) is 0 Å². The van der Waals surface area contributed by atoms with Gasteiger partial charge in [-0.2, -0.15) is 0 Å². The van der Waals surface area contributed by atoms with Crippen LogP contribution in [-0.4, -0.2) is 47.8 Å². The molecule has 2 N–H and O–H groups in total. The number of imidazole rings is 1. The van der Waals surface area contributed by atoms with Crippen LogP contribution in [0.1, 0.15) is 24.6 Å². The van der Waals surface area contributed by atoms with Gasteiger partial charge in [-0.1, -0.05) is 0 Å². The fraction of sp³-hybridized carbons (Fsp3) is 0.769. The van der Waals surface area contributed by atoms with Crippen molar-refractivity contribution in [3.05, 3.63) is 18.2 Å². The molecule has 1 aliphatic rings. The van der Waals surface area contributed by atoms with Crippen molar-refractivity contribution in [1.29, 1.82) is 0 Å². The van der Waals surface area contributed by atoms with Gasteiger partial charge in [0.05, 0.1) is 18.1 Å². The smallest absolute Gasteiger partial charge is 0.0946 e. The molecule has 18 heavy (non-hydrogen) atoms. The van der Waals surface area contributed by atoms with Crippen LogP contribution in [0.15, 0.2) is 12.5 Å². The second kappa shape index (κ2) is 6.31. The van der Waals surface area contributed by atoms with Gasteiger partial charge in [0.2, 0.25) is 0 Å². The third-order valence-corrected chi connectivity index (χ3v) is 3.84. The van der Waals surface area contributed by atoms with Gasteiger partial charge >= 0.3 is 0 Å². The highest BCUT2D eigenvalue weighted by Gasteiger charge is 2.22. The molecule has 0 aromatic carbocycles. The van der Waals surface area contributed by atoms with Gasteiger partial charge in [-0.05, 0) is 25.8 Å². The van der Waals surface area contributed by atoms with Gasteiger partial charge in [-0.25, -0.2) is 4.98 Å². The van der Waals surface area contributed by atoms with Crippen LogP contribution in [0.4, 0.5) is 0 Å². The van der Waals surface area contributed by atoms with Crippen molar-refractivity contribution in [2.45, 2.75) is 18.9 Å². The Balaban J connectivity index is 1.97. The number of nitrogens with two attached hydrogens (primary N) is 1. The standard InChI is InChI=1S/C13H24N4O/c1-16(9-11-3-5-18-6-4-11)12(7-14)13-8-15-10-17(13)2/h8,10-12H,3-7,9,14H2,1-2H3. The molecule has 2 rings (SSSR count). The molecule has 0 bridgehead atoms. The molecule has 1 fully saturated rings. The van der Waals surface area contributed by atoms with Gasteiger partial charge in [-0.3, -0.25) is 4.90 Å². The highest BCUT2D eigenvalue weighted by molar-refractivity contribution is 5.05. The molecule has 0 amide bonds. The Bertz CT molecular complexity index is 360. The summed E-state index contributed by atoms with van der Waals surface area (Å²) in [6.07, 6.45) is 6.07. The largest absolute Gasteiger partial charge is 0.381 e. The minimum absolute atomic E-state index is 0.250. The molecular weight excluding hydrogens is 228 g/mol. The van der Waals surface area contributed by atoms with Crippen molar-refractivity contribution in [2.24, 2.45) is 18.7 Å². The summed E-state index contributed by atoms with van der Waals surface area (Å²) < 4.78 is 7.46. The van der Waals surface area contributed by atoms with E-state index >= 15 is 0 Å². The number of aromatic nitrogens is 2. The number of nitrogens with zero attached hydrogens (tertiary/aromatic N) is 3. The second-order valence-electron chi connectivity index (χ2n) is 5.18. The van der Waals surface area contributed by atoms with Crippen LogP contribution in [-0.2, 0) is 11.8 Å². The topological polar surface area (TPSA) is 56.3 Å². The molecule has 102 valence electrons. The Kier molecular flexibility index (Phi) is 4.74. The summed E-state index contributed by atoms with van der Waals surface area (Å²) in [7, 11) is 4.17. The van der Waals surface area contributed by atoms with E-state index in [-0.39, 0.29) is 6.04 Å². The summed E-state index contributed by atoms with van der Waals surface area (Å²) in [5.74, 6) is 0.728. The second-order valence-corrected chi connectivity index (χ2v) is 5.18. The van der Waals surface area contributed by atoms with Crippen molar-refractivity contribution in [2.75, 3.05) is 33.4 Å². The van der Waals surface area contributed by atoms with Crippen LogP contribution in [0.3, 0.4) is 0 Å². The van der Waals surface area contributed by atoms with Gasteiger partial charge in [0.25, 0.3) is 0 Å². The van der Waals surface area contributed by atoms with Crippen LogP contribution in [0.2, 0.25) is 0 Å². The molecule has 0 aliphatic carbocycles. The lowest BCUT2D eigenvalue weighted by Gasteiger charge is -2.32. The first kappa shape index (κ1) is 13.5. The first-order chi connectivity index (χ1) is 8.72. The predicted octanol–water partition coefficient (Wildman–Crippen LogP) is 0.778. The van der Waals surface area contributed by atoms with Crippen LogP contribution in [0.25, 0.3) is 0 Å². The maximum atomic E-state index is 5.93. The molecule has 1 aromatic rings. The Hall–Kier alpha value is -0.910. The summed E-state index contributed by atoms with van der Waals surface area (Å²) >= 11 is 0. The maximum absolute atomic E-state index is 5.93. The number of ether oxygens (including phenoxy) is 1. The molecule has 0 saturated carbocycles. The van der Waals surface area contributed by atoms with E-state index in [1.807, 2.05) is 19.6 Å². The predicted molar refractivity (Wildman–Crippen MR) is 71.2 cm³/mol. The molecule has 0 spiro atoms. The summed E-state index contributed by atoms with van der Waals surface area (Å²) in [5, 5.41) is 0. The first-order valence-electron chi connectivity index (χ1n) is 6.66. The van der Waals surface area contributed by atoms with E-state index in [0.717, 1.165) is 38.5 Å². The summed E-state index contributed by atoms with van der Waals surface area (Å²) in [6.45, 7) is 3.50. The van der Waals surface area contributed by atoms with Crippen LogP contribution >= 0.6 is 0 Å². The fourth-order valence-corrected chi connectivity index (χ4v) is 2.68. The fourth-order valence-electron chi connectivity index (χ4n) is 2.68. The zero-order valence-electron chi connectivity index (χ0n) is 11.4. The lowest BCUT2D eigenvalue weighted by atomic mass is 9.99. The summed E-state index contributed by atoms with van der Waals surface area (Å²) in [5.41, 5.74) is 7.12. The van der Waals surface area contributed by atoms with Crippen molar-refractivity contribution < 1.29 is 4.74 Å². The zero-order valence-corrected chi connectivity index (χ0v) is 11.4. The molecule has 1 saturated heterocycles. The molecule has 1 aliphatic heterocycles.